The zero-order valence-electron chi connectivity index (χ0n) is 19.8. The lowest BCUT2D eigenvalue weighted by molar-refractivity contribution is -0.173. The SMILES string of the molecule is C=C1N(c2ccc(F)cc2)CN2CC=C3C([C@@H]4CCC(OC(=O)N(C)C)CC4OC3(C)C)N12. The maximum atomic E-state index is 13.5. The highest BCUT2D eigenvalue weighted by Gasteiger charge is 2.55. The maximum Gasteiger partial charge on any atom is 0.409 e. The minimum absolute atomic E-state index is 0.0107. The summed E-state index contributed by atoms with van der Waals surface area (Å²) in [5.41, 5.74) is 1.79. The third-order valence-corrected chi connectivity index (χ3v) is 7.40. The predicted octanol–water partition coefficient (Wildman–Crippen LogP) is 3.95. The van der Waals surface area contributed by atoms with Gasteiger partial charge in [0.25, 0.3) is 0 Å². The van der Waals surface area contributed by atoms with E-state index in [9.17, 15) is 9.18 Å². The van der Waals surface area contributed by atoms with Gasteiger partial charge in [0, 0.05) is 38.7 Å². The molecule has 4 atom stereocenters. The number of amides is 1. The molecule has 4 aliphatic rings. The van der Waals surface area contributed by atoms with E-state index < -0.39 is 5.60 Å². The first-order chi connectivity index (χ1) is 15.7. The Kier molecular flexibility index (Phi) is 5.40. The average Bonchev–Trinajstić information content (AvgIpc) is 3.10. The lowest BCUT2D eigenvalue weighted by Crippen LogP contribution is -2.62. The first-order valence-electron chi connectivity index (χ1n) is 11.7. The number of halogens is 1. The first-order valence-corrected chi connectivity index (χ1v) is 11.7. The van der Waals surface area contributed by atoms with Crippen LogP contribution in [-0.2, 0) is 9.47 Å². The van der Waals surface area contributed by atoms with Gasteiger partial charge in [-0.1, -0.05) is 12.7 Å². The Bertz CT molecular complexity index is 976. The molecule has 1 aromatic carbocycles. The summed E-state index contributed by atoms with van der Waals surface area (Å²) in [4.78, 5) is 15.7. The molecule has 0 aromatic heterocycles. The molecule has 2 saturated heterocycles. The molecule has 1 aliphatic carbocycles. The highest BCUT2D eigenvalue weighted by Crippen LogP contribution is 2.49. The van der Waals surface area contributed by atoms with Crippen LogP contribution in [0.15, 0.2) is 48.3 Å². The van der Waals surface area contributed by atoms with E-state index in [0.29, 0.717) is 13.1 Å². The Hall–Kier alpha value is -2.58. The molecule has 178 valence electrons. The lowest BCUT2D eigenvalue weighted by Gasteiger charge is -2.56. The van der Waals surface area contributed by atoms with Gasteiger partial charge in [-0.05, 0) is 56.5 Å². The van der Waals surface area contributed by atoms with Gasteiger partial charge in [-0.2, -0.15) is 5.01 Å². The molecule has 3 aliphatic heterocycles. The summed E-state index contributed by atoms with van der Waals surface area (Å²) < 4.78 is 25.8. The summed E-state index contributed by atoms with van der Waals surface area (Å²) in [6.45, 7) is 10.1. The van der Waals surface area contributed by atoms with Gasteiger partial charge >= 0.3 is 6.09 Å². The summed E-state index contributed by atoms with van der Waals surface area (Å²) >= 11 is 0. The van der Waals surface area contributed by atoms with E-state index in [2.05, 4.69) is 41.4 Å². The molecule has 3 heterocycles. The van der Waals surface area contributed by atoms with Crippen LogP contribution in [0.25, 0.3) is 0 Å². The van der Waals surface area contributed by atoms with Crippen molar-refractivity contribution in [2.45, 2.75) is 57.0 Å². The number of hydrogen-bond donors (Lipinski definition) is 0. The quantitative estimate of drug-likeness (QED) is 0.629. The average molecular weight is 457 g/mol. The Morgan fingerprint density at radius 3 is 2.67 bits per heavy atom. The van der Waals surface area contributed by atoms with Gasteiger partial charge in [0.05, 0.1) is 24.4 Å². The number of ether oxygens (including phenoxy) is 2. The number of carbonyl (C=O) groups is 1. The number of rotatable bonds is 2. The van der Waals surface area contributed by atoms with Crippen molar-refractivity contribution in [3.8, 4) is 0 Å². The van der Waals surface area contributed by atoms with Crippen LogP contribution < -0.4 is 4.90 Å². The van der Waals surface area contributed by atoms with Gasteiger partial charge in [-0.3, -0.25) is 5.01 Å². The van der Waals surface area contributed by atoms with Crippen LogP contribution in [0.2, 0.25) is 0 Å². The maximum absolute atomic E-state index is 13.5. The molecule has 3 fully saturated rings. The topological polar surface area (TPSA) is 48.5 Å². The summed E-state index contributed by atoms with van der Waals surface area (Å²) in [5.74, 6) is 0.924. The van der Waals surface area contributed by atoms with Crippen LogP contribution >= 0.6 is 0 Å². The highest BCUT2D eigenvalue weighted by atomic mass is 19.1. The smallest absolute Gasteiger partial charge is 0.409 e. The predicted molar refractivity (Wildman–Crippen MR) is 124 cm³/mol. The molecule has 5 rings (SSSR count). The van der Waals surface area contributed by atoms with Gasteiger partial charge in [0.15, 0.2) is 0 Å². The van der Waals surface area contributed by atoms with Crippen LogP contribution in [0.3, 0.4) is 0 Å². The number of anilines is 1. The molecule has 0 bridgehead atoms. The second kappa shape index (κ2) is 8.02. The fourth-order valence-corrected chi connectivity index (χ4v) is 5.82. The van der Waals surface area contributed by atoms with E-state index >= 15 is 0 Å². The fourth-order valence-electron chi connectivity index (χ4n) is 5.82. The van der Waals surface area contributed by atoms with E-state index in [1.54, 1.807) is 26.2 Å². The van der Waals surface area contributed by atoms with Crippen molar-refractivity contribution in [1.82, 2.24) is 14.9 Å². The summed E-state index contributed by atoms with van der Waals surface area (Å²) in [7, 11) is 3.40. The number of hydrazine groups is 1. The van der Waals surface area contributed by atoms with Crippen molar-refractivity contribution >= 4 is 11.8 Å². The largest absolute Gasteiger partial charge is 0.446 e. The zero-order valence-corrected chi connectivity index (χ0v) is 19.8. The van der Waals surface area contributed by atoms with Crippen LogP contribution in [0, 0.1) is 11.7 Å². The van der Waals surface area contributed by atoms with E-state index in [1.165, 1.54) is 22.6 Å². The Morgan fingerprint density at radius 1 is 1.24 bits per heavy atom. The van der Waals surface area contributed by atoms with Crippen LogP contribution in [0.5, 0.6) is 0 Å². The number of nitrogens with zero attached hydrogens (tertiary/aromatic N) is 4. The molecule has 0 spiro atoms. The first kappa shape index (κ1) is 22.2. The van der Waals surface area contributed by atoms with Crippen LogP contribution in [0.1, 0.15) is 33.1 Å². The number of carbonyl (C=O) groups excluding carboxylic acids is 1. The fraction of sp³-hybridized carbons (Fsp3) is 0.560. The van der Waals surface area contributed by atoms with Crippen molar-refractivity contribution in [3.63, 3.8) is 0 Å². The molecule has 1 amide bonds. The zero-order chi connectivity index (χ0) is 23.5. The van der Waals surface area contributed by atoms with E-state index in [-0.39, 0.29) is 36.1 Å². The normalized spacial score (nSPS) is 30.8. The van der Waals surface area contributed by atoms with E-state index in [4.69, 9.17) is 9.47 Å². The molecule has 8 heteroatoms. The lowest BCUT2D eigenvalue weighted by atomic mass is 9.70. The molecular weight excluding hydrogens is 423 g/mol. The molecule has 33 heavy (non-hydrogen) atoms. The van der Waals surface area contributed by atoms with Gasteiger partial charge in [0.2, 0.25) is 0 Å². The Labute approximate surface area is 195 Å². The van der Waals surface area contributed by atoms with Gasteiger partial charge in [0.1, 0.15) is 17.7 Å². The molecule has 1 aromatic rings. The van der Waals surface area contributed by atoms with Crippen molar-refractivity contribution in [1.29, 1.82) is 0 Å². The number of hydrogen-bond acceptors (Lipinski definition) is 6. The van der Waals surface area contributed by atoms with Crippen LogP contribution in [-0.4, -0.2) is 72.2 Å². The molecule has 7 nitrogen and oxygen atoms in total. The summed E-state index contributed by atoms with van der Waals surface area (Å²) in [6.07, 6.45) is 4.26. The van der Waals surface area contributed by atoms with E-state index in [0.717, 1.165) is 30.9 Å². The minimum Gasteiger partial charge on any atom is -0.446 e. The van der Waals surface area contributed by atoms with E-state index in [1.807, 2.05) is 0 Å². The van der Waals surface area contributed by atoms with Crippen molar-refractivity contribution in [2.24, 2.45) is 5.92 Å². The minimum atomic E-state index is -0.422. The number of benzene rings is 1. The van der Waals surface area contributed by atoms with Crippen molar-refractivity contribution in [3.05, 3.63) is 54.1 Å². The molecular formula is C25H33FN4O3. The molecule has 1 saturated carbocycles. The second-order valence-electron chi connectivity index (χ2n) is 10.1. The molecule has 0 radical (unpaired) electrons. The van der Waals surface area contributed by atoms with Gasteiger partial charge < -0.3 is 19.3 Å². The molecule has 3 unspecified atom stereocenters. The third kappa shape index (κ3) is 3.79. The number of fused-ring (bicyclic) bond motifs is 5. The van der Waals surface area contributed by atoms with Crippen molar-refractivity contribution < 1.29 is 18.7 Å². The summed E-state index contributed by atoms with van der Waals surface area (Å²) in [5, 5.41) is 4.63. The van der Waals surface area contributed by atoms with Crippen LogP contribution in [0.4, 0.5) is 14.9 Å². The standard InChI is InChI=1S/C25H33FN4O3/c1-16-29(18-8-6-17(26)7-9-18)15-28-13-12-21-23(30(16)28)20-11-10-19(32-24(31)27(4)5)14-22(20)33-25(21,2)3/h6-9,12,19-20,22-23H,1,10-11,13-15H2,2-5H3/t19?,20-,22?,23?/m1/s1. The Morgan fingerprint density at radius 2 is 1.97 bits per heavy atom. The molecule has 0 N–H and O–H groups in total. The van der Waals surface area contributed by atoms with Gasteiger partial charge in [-0.15, -0.1) is 0 Å². The Balaban J connectivity index is 1.41. The van der Waals surface area contributed by atoms with Crippen molar-refractivity contribution in [2.75, 3.05) is 32.2 Å². The summed E-state index contributed by atoms with van der Waals surface area (Å²) in [6, 6.07) is 6.72. The monoisotopic (exact) mass is 456 g/mol. The second-order valence-corrected chi connectivity index (χ2v) is 10.1. The third-order valence-electron chi connectivity index (χ3n) is 7.40. The van der Waals surface area contributed by atoms with Gasteiger partial charge in [-0.25, -0.2) is 9.18 Å². The highest BCUT2D eigenvalue weighted by molar-refractivity contribution is 5.67.